The van der Waals surface area contributed by atoms with E-state index in [1.54, 1.807) is 24.3 Å². The molecule has 45 heavy (non-hydrogen) atoms. The van der Waals surface area contributed by atoms with Gasteiger partial charge in [-0.05, 0) is 43.7 Å². The van der Waals surface area contributed by atoms with Gasteiger partial charge in [0, 0.05) is 51.3 Å². The van der Waals surface area contributed by atoms with Gasteiger partial charge in [-0.2, -0.15) is 0 Å². The van der Waals surface area contributed by atoms with Gasteiger partial charge in [0.15, 0.2) is 0 Å². The summed E-state index contributed by atoms with van der Waals surface area (Å²) in [6.07, 6.45) is 1.95. The van der Waals surface area contributed by atoms with Crippen LogP contribution in [0.25, 0.3) is 11.1 Å². The van der Waals surface area contributed by atoms with E-state index >= 15 is 0 Å². The second kappa shape index (κ2) is 14.8. The number of carbonyl (C=O) groups is 3. The monoisotopic (exact) mass is 612 g/mol. The fourth-order valence-electron chi connectivity index (χ4n) is 6.08. The third-order valence-corrected chi connectivity index (χ3v) is 8.97. The van der Waals surface area contributed by atoms with Crippen molar-refractivity contribution in [3.05, 3.63) is 90.0 Å². The fraction of sp³-hybridized carbons (Fsp3) is 0.417. The Morgan fingerprint density at radius 1 is 0.822 bits per heavy atom. The van der Waals surface area contributed by atoms with Crippen molar-refractivity contribution < 1.29 is 23.6 Å². The van der Waals surface area contributed by atoms with Gasteiger partial charge in [0.1, 0.15) is 6.10 Å². The second-order valence-electron chi connectivity index (χ2n) is 12.8. The maximum Gasteiger partial charge on any atom is 0.411 e. The van der Waals surface area contributed by atoms with Crippen LogP contribution in [-0.2, 0) is 4.74 Å². The number of piperidine rings is 1. The van der Waals surface area contributed by atoms with Crippen LogP contribution in [-0.4, -0.2) is 117 Å². The molecule has 2 aliphatic rings. The van der Waals surface area contributed by atoms with Gasteiger partial charge in [-0.3, -0.25) is 24.7 Å². The highest BCUT2D eigenvalue weighted by Crippen LogP contribution is 2.28. The lowest BCUT2D eigenvalue weighted by Crippen LogP contribution is -2.47. The SMILES string of the molecule is CN(CCN1CCC(OC(=O)Nc2ccccc2-c2ccccc2)CC1)CC[N+](C)(C)CCCN1C(=O)c2ccccc2C1=O. The summed E-state index contributed by atoms with van der Waals surface area (Å²) in [5.41, 5.74) is 3.80. The molecule has 0 bridgehead atoms. The Bertz CT molecular complexity index is 1430. The van der Waals surface area contributed by atoms with Gasteiger partial charge in [0.25, 0.3) is 11.8 Å². The van der Waals surface area contributed by atoms with Gasteiger partial charge in [0.2, 0.25) is 0 Å². The average molecular weight is 613 g/mol. The number of anilines is 1. The minimum Gasteiger partial charge on any atom is -0.446 e. The van der Waals surface area contributed by atoms with Crippen molar-refractivity contribution in [1.82, 2.24) is 14.7 Å². The zero-order valence-electron chi connectivity index (χ0n) is 26.8. The van der Waals surface area contributed by atoms with Crippen LogP contribution in [0.1, 0.15) is 40.0 Å². The Morgan fingerprint density at radius 3 is 2.09 bits per heavy atom. The number of hydrogen-bond donors (Lipinski definition) is 1. The molecule has 3 aromatic rings. The lowest BCUT2D eigenvalue weighted by Gasteiger charge is -2.34. The van der Waals surface area contributed by atoms with Gasteiger partial charge in [0.05, 0.1) is 44.0 Å². The molecule has 0 spiro atoms. The Morgan fingerprint density at radius 2 is 1.42 bits per heavy atom. The molecule has 0 aromatic heterocycles. The molecular weight excluding hydrogens is 566 g/mol. The summed E-state index contributed by atoms with van der Waals surface area (Å²) in [5, 5.41) is 2.95. The Hall–Kier alpha value is -4.05. The number of nitrogens with zero attached hydrogens (tertiary/aromatic N) is 4. The first-order valence-corrected chi connectivity index (χ1v) is 16.0. The summed E-state index contributed by atoms with van der Waals surface area (Å²) in [5.74, 6) is -0.353. The molecule has 0 unspecified atom stereocenters. The van der Waals surface area contributed by atoms with Crippen LogP contribution in [0.3, 0.4) is 0 Å². The summed E-state index contributed by atoms with van der Waals surface area (Å²) >= 11 is 0. The van der Waals surface area contributed by atoms with Crippen LogP contribution in [0.15, 0.2) is 78.9 Å². The molecule has 9 heteroatoms. The molecule has 1 saturated heterocycles. The summed E-state index contributed by atoms with van der Waals surface area (Å²) in [4.78, 5) is 44.2. The van der Waals surface area contributed by atoms with E-state index in [-0.39, 0.29) is 17.9 Å². The third-order valence-electron chi connectivity index (χ3n) is 8.97. The molecule has 238 valence electrons. The maximum absolute atomic E-state index is 12.7. The van der Waals surface area contributed by atoms with Crippen LogP contribution in [0.2, 0.25) is 0 Å². The normalized spacial score (nSPS) is 15.9. The van der Waals surface area contributed by atoms with Gasteiger partial charge < -0.3 is 14.1 Å². The van der Waals surface area contributed by atoms with Crippen molar-refractivity contribution in [1.29, 1.82) is 0 Å². The van der Waals surface area contributed by atoms with E-state index in [0.29, 0.717) is 17.7 Å². The van der Waals surface area contributed by atoms with Crippen molar-refractivity contribution >= 4 is 23.6 Å². The molecule has 1 fully saturated rings. The number of imide groups is 1. The molecular formula is C36H46N5O4+. The summed E-state index contributed by atoms with van der Waals surface area (Å²) in [7, 11) is 6.57. The lowest BCUT2D eigenvalue weighted by molar-refractivity contribution is -0.889. The molecule has 3 aromatic carbocycles. The predicted molar refractivity (Wildman–Crippen MR) is 177 cm³/mol. The number of likely N-dealkylation sites (N-methyl/N-ethyl adjacent to an activating group) is 2. The largest absolute Gasteiger partial charge is 0.446 e. The third kappa shape index (κ3) is 8.57. The van der Waals surface area contributed by atoms with Crippen molar-refractivity contribution in [2.75, 3.05) is 78.8 Å². The number of quaternary nitrogens is 1. The highest BCUT2D eigenvalue weighted by molar-refractivity contribution is 6.21. The van der Waals surface area contributed by atoms with Gasteiger partial charge in [-0.1, -0.05) is 60.7 Å². The predicted octanol–water partition coefficient (Wildman–Crippen LogP) is 5.06. The van der Waals surface area contributed by atoms with Crippen molar-refractivity contribution in [3.63, 3.8) is 0 Å². The molecule has 9 nitrogen and oxygen atoms in total. The van der Waals surface area contributed by atoms with E-state index in [0.717, 1.165) is 86.4 Å². The molecule has 0 atom stereocenters. The maximum atomic E-state index is 12.7. The number of carbonyl (C=O) groups excluding carboxylic acids is 3. The quantitative estimate of drug-likeness (QED) is 0.215. The molecule has 0 saturated carbocycles. The summed E-state index contributed by atoms with van der Waals surface area (Å²) in [6, 6.07) is 24.9. The number of likely N-dealkylation sites (tertiary alicyclic amines) is 1. The highest BCUT2D eigenvalue weighted by Gasteiger charge is 2.35. The molecule has 1 N–H and O–H groups in total. The molecule has 3 amide bonds. The summed E-state index contributed by atoms with van der Waals surface area (Å²) in [6.45, 7) is 7.05. The number of rotatable bonds is 13. The van der Waals surface area contributed by atoms with Crippen LogP contribution < -0.4 is 5.32 Å². The van der Waals surface area contributed by atoms with Crippen molar-refractivity contribution in [2.45, 2.75) is 25.4 Å². The number of para-hydroxylation sites is 1. The number of nitrogens with one attached hydrogen (secondary N) is 1. The number of ether oxygens (including phenoxy) is 1. The van der Waals surface area contributed by atoms with Gasteiger partial charge in [-0.25, -0.2) is 4.79 Å². The smallest absolute Gasteiger partial charge is 0.411 e. The fourth-order valence-corrected chi connectivity index (χ4v) is 6.08. The van der Waals surface area contributed by atoms with Crippen LogP contribution in [0, 0.1) is 0 Å². The zero-order valence-corrected chi connectivity index (χ0v) is 26.8. The number of amides is 3. The minimum absolute atomic E-state index is 0.0821. The van der Waals surface area contributed by atoms with Gasteiger partial charge >= 0.3 is 6.09 Å². The topological polar surface area (TPSA) is 82.2 Å². The Kier molecular flexibility index (Phi) is 10.7. The molecule has 2 heterocycles. The molecule has 5 rings (SSSR count). The first-order chi connectivity index (χ1) is 21.7. The molecule has 0 radical (unpaired) electrons. The second-order valence-corrected chi connectivity index (χ2v) is 12.8. The van der Waals surface area contributed by atoms with Crippen LogP contribution >= 0.6 is 0 Å². The van der Waals surface area contributed by atoms with Crippen LogP contribution in [0.4, 0.5) is 10.5 Å². The number of benzene rings is 3. The average Bonchev–Trinajstić information content (AvgIpc) is 3.29. The molecule has 2 aliphatic heterocycles. The Labute approximate surface area is 267 Å². The van der Waals surface area contributed by atoms with Gasteiger partial charge in [-0.15, -0.1) is 0 Å². The standard InChI is InChI=1S/C36H45N5O4/c1-38(25-27-41(2,3)26-11-20-40-34(42)31-15-7-8-16-32(31)35(40)43)23-24-39-21-18-29(19-22-39)45-36(44)37-33-17-10-9-14-30(33)28-12-5-4-6-13-28/h4-10,12-17,29H,11,18-27H2,1-3H3/p+1. The number of fused-ring (bicyclic) bond motifs is 1. The first-order valence-electron chi connectivity index (χ1n) is 16.0. The van der Waals surface area contributed by atoms with E-state index in [2.05, 4.69) is 36.3 Å². The van der Waals surface area contributed by atoms with Crippen LogP contribution in [0.5, 0.6) is 0 Å². The summed E-state index contributed by atoms with van der Waals surface area (Å²) < 4.78 is 6.63. The van der Waals surface area contributed by atoms with Crippen molar-refractivity contribution in [3.8, 4) is 11.1 Å². The van der Waals surface area contributed by atoms with E-state index in [9.17, 15) is 14.4 Å². The van der Waals surface area contributed by atoms with E-state index in [1.807, 2.05) is 54.6 Å². The van der Waals surface area contributed by atoms with E-state index < -0.39 is 6.09 Å². The minimum atomic E-state index is -0.402. The van der Waals surface area contributed by atoms with E-state index in [4.69, 9.17) is 4.74 Å². The molecule has 0 aliphatic carbocycles. The van der Waals surface area contributed by atoms with E-state index in [1.165, 1.54) is 4.90 Å². The van der Waals surface area contributed by atoms with Crippen molar-refractivity contribution in [2.24, 2.45) is 0 Å². The highest BCUT2D eigenvalue weighted by atomic mass is 16.6. The Balaban J connectivity index is 0.965. The first kappa shape index (κ1) is 32.3. The number of hydrogen-bond acceptors (Lipinski definition) is 6. The lowest BCUT2D eigenvalue weighted by atomic mass is 10.0. The zero-order chi connectivity index (χ0) is 31.8.